The van der Waals surface area contributed by atoms with Gasteiger partial charge in [0.05, 0.1) is 18.1 Å². The van der Waals surface area contributed by atoms with Crippen molar-refractivity contribution in [2.45, 2.75) is 76.6 Å². The van der Waals surface area contributed by atoms with E-state index in [0.29, 0.717) is 6.42 Å². The number of aliphatic hydroxyl groups excluding tert-OH is 2. The lowest BCUT2D eigenvalue weighted by molar-refractivity contribution is -0.137. The van der Waals surface area contributed by atoms with Gasteiger partial charge in [0.1, 0.15) is 6.10 Å². The number of hydrogen-bond acceptors (Lipinski definition) is 4. The lowest BCUT2D eigenvalue weighted by atomic mass is 9.87. The van der Waals surface area contributed by atoms with Crippen LogP contribution >= 0.6 is 0 Å². The number of alkyl halides is 2. The Balaban J connectivity index is 2.05. The van der Waals surface area contributed by atoms with Gasteiger partial charge in [0.25, 0.3) is 0 Å². The molecule has 2 fully saturated rings. The summed E-state index contributed by atoms with van der Waals surface area (Å²) in [7, 11) is 0. The second-order valence-corrected chi connectivity index (χ2v) is 7.80. The summed E-state index contributed by atoms with van der Waals surface area (Å²) < 4.78 is 35.3. The number of rotatable bonds is 8. The van der Waals surface area contributed by atoms with Gasteiger partial charge in [-0.3, -0.25) is 4.79 Å². The molecule has 2 rings (SSSR count). The van der Waals surface area contributed by atoms with Gasteiger partial charge in [0.15, 0.2) is 5.76 Å². The number of aliphatic carboxylic acids is 1. The monoisotopic (exact) mass is 412 g/mol. The normalized spacial score (nSPS) is 31.2. The Hall–Kier alpha value is -1.91. The maximum Gasteiger partial charge on any atom is 0.310 e. The van der Waals surface area contributed by atoms with Gasteiger partial charge in [-0.15, -0.1) is 11.8 Å². The third-order valence-electron chi connectivity index (χ3n) is 5.52. The molecular formula is C22H30F2O5. The van der Waals surface area contributed by atoms with Crippen LogP contribution < -0.4 is 0 Å². The molecule has 6 atom stereocenters. The fourth-order valence-electron chi connectivity index (χ4n) is 3.86. The highest BCUT2D eigenvalue weighted by atomic mass is 19.3. The fraction of sp³-hybridized carbons (Fsp3) is 0.682. The number of carbonyl (C=O) groups is 1. The van der Waals surface area contributed by atoms with E-state index in [1.807, 2.05) is 13.8 Å². The standard InChI is InChI=1S/C22H30F2O5/c1-3-4-5-8-14(2)16(25)12-11-15-17(26)13-18-21(15)22(23,24)19(29-18)9-6-7-10-20(27)28/h9,11-12,14-18,21,25-26H,3,6-8,10,13H2,1-2H3,(H,27,28)/t14-,15-,16+,17+,18+,21+/m0/s1. The van der Waals surface area contributed by atoms with Gasteiger partial charge in [-0.1, -0.05) is 26.0 Å². The van der Waals surface area contributed by atoms with E-state index in [0.717, 1.165) is 6.42 Å². The van der Waals surface area contributed by atoms with E-state index in [1.165, 1.54) is 18.2 Å². The first kappa shape index (κ1) is 23.4. The Morgan fingerprint density at radius 3 is 2.79 bits per heavy atom. The summed E-state index contributed by atoms with van der Waals surface area (Å²) in [6.45, 7) is 3.77. The summed E-state index contributed by atoms with van der Waals surface area (Å²) in [6, 6.07) is 0. The number of unbranched alkanes of at least 4 members (excludes halogenated alkanes) is 1. The van der Waals surface area contributed by atoms with Crippen molar-refractivity contribution in [2.75, 3.05) is 0 Å². The van der Waals surface area contributed by atoms with Crippen molar-refractivity contribution in [3.63, 3.8) is 0 Å². The van der Waals surface area contributed by atoms with E-state index in [1.54, 1.807) is 0 Å². The van der Waals surface area contributed by atoms with Crippen molar-refractivity contribution in [2.24, 2.45) is 17.8 Å². The number of ether oxygens (including phenoxy) is 1. The second-order valence-electron chi connectivity index (χ2n) is 7.80. The van der Waals surface area contributed by atoms with Crippen molar-refractivity contribution in [3.8, 4) is 11.8 Å². The molecule has 5 nitrogen and oxygen atoms in total. The van der Waals surface area contributed by atoms with E-state index in [9.17, 15) is 23.8 Å². The average molecular weight is 412 g/mol. The molecule has 1 saturated heterocycles. The number of halogens is 2. The van der Waals surface area contributed by atoms with Gasteiger partial charge in [0, 0.05) is 31.6 Å². The van der Waals surface area contributed by atoms with Gasteiger partial charge >= 0.3 is 11.9 Å². The van der Waals surface area contributed by atoms with Crippen LogP contribution in [0.5, 0.6) is 0 Å². The minimum Gasteiger partial charge on any atom is -0.488 e. The third-order valence-corrected chi connectivity index (χ3v) is 5.52. The van der Waals surface area contributed by atoms with Gasteiger partial charge in [-0.25, -0.2) is 0 Å². The lowest BCUT2D eigenvalue weighted by Crippen LogP contribution is -2.33. The zero-order valence-corrected chi connectivity index (χ0v) is 16.9. The maximum atomic E-state index is 14.9. The van der Waals surface area contributed by atoms with E-state index in [4.69, 9.17) is 9.84 Å². The van der Waals surface area contributed by atoms with Crippen LogP contribution in [0.3, 0.4) is 0 Å². The van der Waals surface area contributed by atoms with Gasteiger partial charge in [0.2, 0.25) is 0 Å². The molecule has 0 aromatic rings. The summed E-state index contributed by atoms with van der Waals surface area (Å²) in [5, 5.41) is 29.2. The minimum absolute atomic E-state index is 0.0923. The number of carboxylic acid groups (broad SMARTS) is 1. The van der Waals surface area contributed by atoms with Crippen molar-refractivity contribution in [1.82, 2.24) is 0 Å². The molecule has 1 heterocycles. The largest absolute Gasteiger partial charge is 0.488 e. The Morgan fingerprint density at radius 1 is 1.41 bits per heavy atom. The first-order valence-electron chi connectivity index (χ1n) is 10.2. The molecule has 0 radical (unpaired) electrons. The van der Waals surface area contributed by atoms with Crippen molar-refractivity contribution in [3.05, 3.63) is 24.0 Å². The number of fused-ring (bicyclic) bond motifs is 1. The molecule has 1 saturated carbocycles. The van der Waals surface area contributed by atoms with Gasteiger partial charge < -0.3 is 20.1 Å². The predicted octanol–water partition coefficient (Wildman–Crippen LogP) is 3.51. The molecule has 0 bridgehead atoms. The van der Waals surface area contributed by atoms with Crippen LogP contribution in [-0.2, 0) is 9.53 Å². The molecule has 29 heavy (non-hydrogen) atoms. The Morgan fingerprint density at radius 2 is 2.14 bits per heavy atom. The Labute approximate surface area is 170 Å². The Kier molecular flexibility index (Phi) is 8.23. The summed E-state index contributed by atoms with van der Waals surface area (Å²) in [4.78, 5) is 10.5. The van der Waals surface area contributed by atoms with Gasteiger partial charge in [-0.2, -0.15) is 8.78 Å². The number of allylic oxidation sites excluding steroid dienone is 2. The van der Waals surface area contributed by atoms with Crippen molar-refractivity contribution >= 4 is 5.97 Å². The molecule has 1 aliphatic carbocycles. The summed E-state index contributed by atoms with van der Waals surface area (Å²) in [5.74, 6) is -0.947. The molecule has 1 aliphatic heterocycles. The molecule has 7 heteroatoms. The van der Waals surface area contributed by atoms with Crippen LogP contribution in [0, 0.1) is 29.6 Å². The molecule has 0 unspecified atom stereocenters. The van der Waals surface area contributed by atoms with Gasteiger partial charge in [-0.05, 0) is 24.8 Å². The lowest BCUT2D eigenvalue weighted by Gasteiger charge is -2.23. The maximum absolute atomic E-state index is 14.9. The van der Waals surface area contributed by atoms with Crippen LogP contribution in [0.2, 0.25) is 0 Å². The number of hydrogen-bond donors (Lipinski definition) is 3. The van der Waals surface area contributed by atoms with Crippen LogP contribution in [-0.4, -0.2) is 45.5 Å². The molecule has 2 aliphatic rings. The van der Waals surface area contributed by atoms with E-state index in [-0.39, 0.29) is 31.6 Å². The highest BCUT2D eigenvalue weighted by molar-refractivity contribution is 5.66. The first-order valence-corrected chi connectivity index (χ1v) is 10.2. The van der Waals surface area contributed by atoms with Crippen molar-refractivity contribution < 1.29 is 33.6 Å². The highest BCUT2D eigenvalue weighted by Gasteiger charge is 2.63. The first-order chi connectivity index (χ1) is 13.7. The second kappa shape index (κ2) is 10.2. The third kappa shape index (κ3) is 5.80. The minimum atomic E-state index is -3.25. The Bertz CT molecular complexity index is 691. The number of carboxylic acids is 1. The smallest absolute Gasteiger partial charge is 0.310 e. The molecule has 0 spiro atoms. The summed E-state index contributed by atoms with van der Waals surface area (Å²) in [6.07, 6.45) is 3.28. The molecule has 3 N–H and O–H groups in total. The molecule has 162 valence electrons. The predicted molar refractivity (Wildman–Crippen MR) is 104 cm³/mol. The zero-order valence-electron chi connectivity index (χ0n) is 16.9. The molecule has 0 aromatic carbocycles. The summed E-state index contributed by atoms with van der Waals surface area (Å²) in [5.41, 5.74) is 0. The highest BCUT2D eigenvalue weighted by Crippen LogP contribution is 2.54. The number of aliphatic hydroxyl groups is 2. The fourth-order valence-corrected chi connectivity index (χ4v) is 3.86. The SMILES string of the molecule is CCC#CC[C@H](C)[C@H](O)C=C[C@@H]1[C@@H]2[C@@H](C[C@H]1O)OC(=CCCCC(=O)O)C2(F)F. The van der Waals surface area contributed by atoms with Crippen LogP contribution in [0.1, 0.15) is 52.4 Å². The zero-order chi connectivity index (χ0) is 21.6. The van der Waals surface area contributed by atoms with E-state index < -0.39 is 47.8 Å². The topological polar surface area (TPSA) is 87.0 Å². The van der Waals surface area contributed by atoms with Crippen LogP contribution in [0.15, 0.2) is 24.0 Å². The molecule has 0 amide bonds. The van der Waals surface area contributed by atoms with Crippen LogP contribution in [0.25, 0.3) is 0 Å². The molecular weight excluding hydrogens is 382 g/mol. The van der Waals surface area contributed by atoms with E-state index in [2.05, 4.69) is 11.8 Å². The summed E-state index contributed by atoms with van der Waals surface area (Å²) >= 11 is 0. The quantitative estimate of drug-likeness (QED) is 0.323. The van der Waals surface area contributed by atoms with E-state index >= 15 is 0 Å². The molecule has 0 aromatic heterocycles. The van der Waals surface area contributed by atoms with Crippen LogP contribution in [0.4, 0.5) is 8.78 Å². The van der Waals surface area contributed by atoms with Crippen molar-refractivity contribution in [1.29, 1.82) is 0 Å². The average Bonchev–Trinajstić information content (AvgIpc) is 3.09.